The van der Waals surface area contributed by atoms with Crippen LogP contribution in [0.1, 0.15) is 19.4 Å². The first-order valence-electron chi connectivity index (χ1n) is 5.27. The Bertz CT molecular complexity index is 324. The Morgan fingerprint density at radius 1 is 1.38 bits per heavy atom. The average molecular weight is 223 g/mol. The summed E-state index contributed by atoms with van der Waals surface area (Å²) in [5.41, 5.74) is 2.95. The molecular weight excluding hydrogens is 206 g/mol. The third-order valence-electron chi connectivity index (χ3n) is 2.07. The van der Waals surface area contributed by atoms with Crippen LogP contribution in [0.15, 0.2) is 30.3 Å². The fourth-order valence-electron chi connectivity index (χ4n) is 1.35. The van der Waals surface area contributed by atoms with Crippen molar-refractivity contribution in [1.29, 1.82) is 0 Å². The number of esters is 1. The molecule has 0 saturated heterocycles. The number of rotatable bonds is 5. The normalized spacial score (nSPS) is 12.5. The van der Waals surface area contributed by atoms with Gasteiger partial charge >= 0.3 is 5.97 Å². The molecule has 0 aliphatic carbocycles. The molecule has 0 heterocycles. The first kappa shape index (κ1) is 12.7. The van der Waals surface area contributed by atoms with Gasteiger partial charge in [0.25, 0.3) is 0 Å². The minimum atomic E-state index is -0.718. The largest absolute Gasteiger partial charge is 0.462 e. The Kier molecular flexibility index (Phi) is 4.95. The third-order valence-corrected chi connectivity index (χ3v) is 2.07. The Morgan fingerprint density at radius 3 is 2.50 bits per heavy atom. The number of hydrogen-bond donors (Lipinski definition) is 2. The van der Waals surface area contributed by atoms with Crippen LogP contribution in [0, 0.1) is 0 Å². The fraction of sp³-hybridized carbons (Fsp3) is 0.417. The molecule has 0 unspecified atom stereocenters. The van der Waals surface area contributed by atoms with Crippen molar-refractivity contribution in [2.75, 3.05) is 0 Å². The van der Waals surface area contributed by atoms with Crippen LogP contribution >= 0.6 is 0 Å². The molecule has 1 rings (SSSR count). The Hall–Kier alpha value is -1.39. The van der Waals surface area contributed by atoms with Gasteiger partial charge in [0, 0.05) is 6.42 Å². The predicted molar refractivity (Wildman–Crippen MR) is 60.1 cm³/mol. The minimum Gasteiger partial charge on any atom is -0.462 e. The molecule has 1 aromatic carbocycles. The lowest BCUT2D eigenvalue weighted by Gasteiger charge is -2.16. The van der Waals surface area contributed by atoms with Crippen molar-refractivity contribution in [2.45, 2.75) is 32.4 Å². The van der Waals surface area contributed by atoms with Gasteiger partial charge in [0.2, 0.25) is 0 Å². The van der Waals surface area contributed by atoms with E-state index in [1.54, 1.807) is 13.8 Å². The summed E-state index contributed by atoms with van der Waals surface area (Å²) < 4.78 is 5.01. The zero-order valence-corrected chi connectivity index (χ0v) is 9.51. The number of ether oxygens (including phenoxy) is 1. The van der Waals surface area contributed by atoms with Crippen molar-refractivity contribution in [3.63, 3.8) is 0 Å². The molecular formula is C12H17NO3. The van der Waals surface area contributed by atoms with E-state index in [2.05, 4.69) is 0 Å². The quantitative estimate of drug-likeness (QED) is 0.587. The molecule has 0 aromatic heterocycles. The highest BCUT2D eigenvalue weighted by molar-refractivity contribution is 5.76. The van der Waals surface area contributed by atoms with E-state index in [9.17, 15) is 4.79 Å². The van der Waals surface area contributed by atoms with Crippen LogP contribution in [0.4, 0.5) is 0 Å². The van der Waals surface area contributed by atoms with E-state index in [1.165, 1.54) is 0 Å². The van der Waals surface area contributed by atoms with Gasteiger partial charge in [0.05, 0.1) is 6.10 Å². The summed E-state index contributed by atoms with van der Waals surface area (Å²) in [5, 5.41) is 8.92. The molecule has 0 bridgehead atoms. The number of hydroxylamine groups is 1. The number of carbonyl (C=O) groups is 1. The van der Waals surface area contributed by atoms with E-state index in [0.717, 1.165) is 5.56 Å². The molecule has 1 atom stereocenters. The van der Waals surface area contributed by atoms with E-state index >= 15 is 0 Å². The monoisotopic (exact) mass is 223 g/mol. The van der Waals surface area contributed by atoms with Crippen LogP contribution in [-0.4, -0.2) is 23.3 Å². The summed E-state index contributed by atoms with van der Waals surface area (Å²) >= 11 is 0. The first-order valence-corrected chi connectivity index (χ1v) is 5.27. The van der Waals surface area contributed by atoms with Crippen molar-refractivity contribution in [2.24, 2.45) is 0 Å². The van der Waals surface area contributed by atoms with Gasteiger partial charge in [-0.15, -0.1) is 0 Å². The van der Waals surface area contributed by atoms with E-state index in [4.69, 9.17) is 9.94 Å². The van der Waals surface area contributed by atoms with Crippen molar-refractivity contribution in [3.8, 4) is 0 Å². The number of hydrogen-bond acceptors (Lipinski definition) is 4. The standard InChI is InChI=1S/C12H17NO3/c1-9(2)16-12(14)11(13-15)8-10-6-4-3-5-7-10/h3-7,9,11,13,15H,8H2,1-2H3/t11-/m0/s1. The molecule has 0 spiro atoms. The lowest BCUT2D eigenvalue weighted by molar-refractivity contribution is -0.152. The Labute approximate surface area is 95.2 Å². The van der Waals surface area contributed by atoms with Gasteiger partial charge in [-0.3, -0.25) is 4.79 Å². The highest BCUT2D eigenvalue weighted by Gasteiger charge is 2.20. The molecule has 4 heteroatoms. The van der Waals surface area contributed by atoms with Crippen LogP contribution < -0.4 is 5.48 Å². The molecule has 0 fully saturated rings. The maximum atomic E-state index is 11.5. The molecule has 88 valence electrons. The van der Waals surface area contributed by atoms with E-state index in [-0.39, 0.29) is 6.10 Å². The molecule has 0 aliphatic rings. The second kappa shape index (κ2) is 6.25. The lowest BCUT2D eigenvalue weighted by Crippen LogP contribution is -2.38. The molecule has 0 aliphatic heterocycles. The summed E-state index contributed by atoms with van der Waals surface area (Å²) in [6.07, 6.45) is 0.224. The summed E-state index contributed by atoms with van der Waals surface area (Å²) in [5.74, 6) is -0.443. The predicted octanol–water partition coefficient (Wildman–Crippen LogP) is 1.53. The molecule has 1 aromatic rings. The highest BCUT2D eigenvalue weighted by atomic mass is 16.6. The van der Waals surface area contributed by atoms with Crippen LogP contribution in [0.3, 0.4) is 0 Å². The van der Waals surface area contributed by atoms with Crippen LogP contribution in [-0.2, 0) is 16.0 Å². The molecule has 0 radical (unpaired) electrons. The summed E-state index contributed by atoms with van der Waals surface area (Å²) in [4.78, 5) is 11.5. The summed E-state index contributed by atoms with van der Waals surface area (Å²) in [7, 11) is 0. The van der Waals surface area contributed by atoms with Crippen molar-refractivity contribution < 1.29 is 14.7 Å². The summed E-state index contributed by atoms with van der Waals surface area (Å²) in [6.45, 7) is 3.55. The zero-order valence-electron chi connectivity index (χ0n) is 9.51. The Balaban J connectivity index is 2.58. The molecule has 4 nitrogen and oxygen atoms in total. The number of carbonyl (C=O) groups excluding carboxylic acids is 1. The van der Waals surface area contributed by atoms with Crippen LogP contribution in [0.2, 0.25) is 0 Å². The van der Waals surface area contributed by atoms with E-state index in [1.807, 2.05) is 35.8 Å². The first-order chi connectivity index (χ1) is 7.63. The Morgan fingerprint density at radius 2 is 2.00 bits per heavy atom. The minimum absolute atomic E-state index is 0.181. The van der Waals surface area contributed by atoms with Crippen molar-refractivity contribution in [3.05, 3.63) is 35.9 Å². The maximum absolute atomic E-state index is 11.5. The fourth-order valence-corrected chi connectivity index (χ4v) is 1.35. The van der Waals surface area contributed by atoms with Crippen LogP contribution in [0.5, 0.6) is 0 Å². The van der Waals surface area contributed by atoms with Gasteiger partial charge in [0.1, 0.15) is 6.04 Å². The van der Waals surface area contributed by atoms with Gasteiger partial charge in [0.15, 0.2) is 0 Å². The average Bonchev–Trinajstić information content (AvgIpc) is 2.26. The summed E-state index contributed by atoms with van der Waals surface area (Å²) in [6, 6.07) is 8.75. The second-order valence-corrected chi connectivity index (χ2v) is 3.86. The molecule has 0 saturated carbocycles. The second-order valence-electron chi connectivity index (χ2n) is 3.86. The third kappa shape index (κ3) is 4.00. The van der Waals surface area contributed by atoms with E-state index < -0.39 is 12.0 Å². The van der Waals surface area contributed by atoms with Gasteiger partial charge in [-0.2, -0.15) is 5.48 Å². The number of benzene rings is 1. The topological polar surface area (TPSA) is 58.6 Å². The lowest BCUT2D eigenvalue weighted by atomic mass is 10.1. The maximum Gasteiger partial charge on any atom is 0.326 e. The molecule has 16 heavy (non-hydrogen) atoms. The smallest absolute Gasteiger partial charge is 0.326 e. The zero-order chi connectivity index (χ0) is 12.0. The SMILES string of the molecule is CC(C)OC(=O)[C@H](Cc1ccccc1)NO. The number of nitrogens with one attached hydrogen (secondary N) is 1. The molecule has 0 amide bonds. The van der Waals surface area contributed by atoms with Crippen LogP contribution in [0.25, 0.3) is 0 Å². The van der Waals surface area contributed by atoms with Crippen molar-refractivity contribution in [1.82, 2.24) is 5.48 Å². The van der Waals surface area contributed by atoms with Gasteiger partial charge in [-0.05, 0) is 19.4 Å². The van der Waals surface area contributed by atoms with Crippen molar-refractivity contribution >= 4 is 5.97 Å². The van der Waals surface area contributed by atoms with Gasteiger partial charge in [-0.1, -0.05) is 30.3 Å². The molecule has 2 N–H and O–H groups in total. The van der Waals surface area contributed by atoms with Gasteiger partial charge in [-0.25, -0.2) is 0 Å². The highest BCUT2D eigenvalue weighted by Crippen LogP contribution is 2.05. The van der Waals surface area contributed by atoms with Gasteiger partial charge < -0.3 is 9.94 Å². The van der Waals surface area contributed by atoms with E-state index in [0.29, 0.717) is 6.42 Å².